The van der Waals surface area contributed by atoms with Crippen LogP contribution in [-0.2, 0) is 20.8 Å². The summed E-state index contributed by atoms with van der Waals surface area (Å²) in [4.78, 5) is 16.5. The van der Waals surface area contributed by atoms with Crippen molar-refractivity contribution >= 4 is 6.09 Å². The van der Waals surface area contributed by atoms with E-state index in [-0.39, 0.29) is 19.3 Å². The molecule has 2 unspecified atom stereocenters. The van der Waals surface area contributed by atoms with Crippen molar-refractivity contribution in [2.75, 3.05) is 33.4 Å². The Kier molecular flexibility index (Phi) is 6.68. The Balaban J connectivity index is 1.86. The van der Waals surface area contributed by atoms with Crippen LogP contribution in [0.5, 0.6) is 0 Å². The van der Waals surface area contributed by atoms with Crippen molar-refractivity contribution in [2.24, 2.45) is 5.11 Å². The molecule has 0 aliphatic carbocycles. The van der Waals surface area contributed by atoms with Gasteiger partial charge in [-0.3, -0.25) is 0 Å². The average molecular weight is 320 g/mol. The van der Waals surface area contributed by atoms with Gasteiger partial charge in [0.2, 0.25) is 0 Å². The van der Waals surface area contributed by atoms with Crippen molar-refractivity contribution in [3.63, 3.8) is 0 Å². The van der Waals surface area contributed by atoms with Gasteiger partial charge >= 0.3 is 6.09 Å². The van der Waals surface area contributed by atoms with Gasteiger partial charge < -0.3 is 19.1 Å². The van der Waals surface area contributed by atoms with Crippen LogP contribution in [-0.4, -0.2) is 56.6 Å². The Morgan fingerprint density at radius 3 is 2.83 bits per heavy atom. The summed E-state index contributed by atoms with van der Waals surface area (Å²) >= 11 is 0. The summed E-state index contributed by atoms with van der Waals surface area (Å²) in [7, 11) is 1.58. The number of benzene rings is 1. The predicted octanol–water partition coefficient (Wildman–Crippen LogP) is 2.35. The molecule has 1 heterocycles. The number of azide groups is 1. The number of ether oxygens (including phenoxy) is 3. The molecule has 1 aliphatic rings. The fraction of sp³-hybridized carbons (Fsp3) is 0.533. The lowest BCUT2D eigenvalue weighted by Crippen LogP contribution is -2.30. The molecule has 23 heavy (non-hydrogen) atoms. The van der Waals surface area contributed by atoms with E-state index in [4.69, 9.17) is 19.7 Å². The zero-order valence-corrected chi connectivity index (χ0v) is 13.0. The van der Waals surface area contributed by atoms with Crippen LogP contribution >= 0.6 is 0 Å². The van der Waals surface area contributed by atoms with Gasteiger partial charge in [0.25, 0.3) is 0 Å². The Labute approximate surface area is 134 Å². The van der Waals surface area contributed by atoms with Gasteiger partial charge in [0, 0.05) is 18.6 Å². The van der Waals surface area contributed by atoms with Crippen molar-refractivity contribution < 1.29 is 19.0 Å². The molecule has 0 N–H and O–H groups in total. The number of carbonyl (C=O) groups excluding carboxylic acids is 1. The summed E-state index contributed by atoms with van der Waals surface area (Å²) in [5.74, 6) is 0. The predicted molar refractivity (Wildman–Crippen MR) is 82.8 cm³/mol. The lowest BCUT2D eigenvalue weighted by atomic mass is 10.2. The molecule has 0 aromatic heterocycles. The van der Waals surface area contributed by atoms with Crippen molar-refractivity contribution in [3.8, 4) is 0 Å². The zero-order valence-electron chi connectivity index (χ0n) is 13.0. The third kappa shape index (κ3) is 5.14. The van der Waals surface area contributed by atoms with E-state index in [9.17, 15) is 4.79 Å². The quantitative estimate of drug-likeness (QED) is 0.333. The number of carbonyl (C=O) groups is 1. The van der Waals surface area contributed by atoms with E-state index in [0.717, 1.165) is 5.56 Å². The zero-order chi connectivity index (χ0) is 16.5. The van der Waals surface area contributed by atoms with Gasteiger partial charge in [-0.25, -0.2) is 4.79 Å². The molecule has 0 saturated carbocycles. The first kappa shape index (κ1) is 17.1. The lowest BCUT2D eigenvalue weighted by molar-refractivity contribution is 0.0156. The first-order valence-electron chi connectivity index (χ1n) is 7.35. The van der Waals surface area contributed by atoms with Crippen LogP contribution in [0.3, 0.4) is 0 Å². The summed E-state index contributed by atoms with van der Waals surface area (Å²) in [6.45, 7) is 1.65. The summed E-state index contributed by atoms with van der Waals surface area (Å²) in [5, 5.41) is 3.70. The second kappa shape index (κ2) is 8.99. The SMILES string of the molecule is COCCOC1CN(C(=O)OCc2ccccc2)CC1N=[N+]=[N-]. The van der Waals surface area contributed by atoms with Crippen molar-refractivity contribution in [1.29, 1.82) is 0 Å². The van der Waals surface area contributed by atoms with E-state index in [0.29, 0.717) is 19.8 Å². The van der Waals surface area contributed by atoms with Crippen molar-refractivity contribution in [1.82, 2.24) is 4.90 Å². The summed E-state index contributed by atoms with van der Waals surface area (Å²) in [5.41, 5.74) is 9.55. The molecule has 124 valence electrons. The van der Waals surface area contributed by atoms with Gasteiger partial charge in [-0.05, 0) is 11.1 Å². The monoisotopic (exact) mass is 320 g/mol. The number of rotatable bonds is 7. The largest absolute Gasteiger partial charge is 0.445 e. The molecule has 1 aromatic carbocycles. The highest BCUT2D eigenvalue weighted by atomic mass is 16.6. The Hall–Kier alpha value is -2.28. The molecule has 0 spiro atoms. The molecule has 2 atom stereocenters. The minimum Gasteiger partial charge on any atom is -0.445 e. The number of nitrogens with zero attached hydrogens (tertiary/aromatic N) is 4. The topological polar surface area (TPSA) is 96.8 Å². The molecular formula is C15H20N4O4. The van der Waals surface area contributed by atoms with Gasteiger partial charge in [-0.1, -0.05) is 35.4 Å². The normalized spacial score (nSPS) is 20.1. The summed E-state index contributed by atoms with van der Waals surface area (Å²) in [6.07, 6.45) is -0.782. The van der Waals surface area contributed by atoms with Gasteiger partial charge in [-0.15, -0.1) is 0 Å². The molecule has 1 aliphatic heterocycles. The van der Waals surface area contributed by atoms with E-state index in [1.54, 1.807) is 7.11 Å². The van der Waals surface area contributed by atoms with Crippen LogP contribution in [0.4, 0.5) is 4.79 Å². The van der Waals surface area contributed by atoms with Crippen LogP contribution in [0.1, 0.15) is 5.56 Å². The highest BCUT2D eigenvalue weighted by molar-refractivity contribution is 5.68. The van der Waals surface area contributed by atoms with E-state index in [1.807, 2.05) is 30.3 Å². The number of likely N-dealkylation sites (tertiary alicyclic amines) is 1. The molecular weight excluding hydrogens is 300 g/mol. The Bertz CT molecular complexity index is 548. The maximum Gasteiger partial charge on any atom is 0.410 e. The summed E-state index contributed by atoms with van der Waals surface area (Å²) < 4.78 is 15.8. The fourth-order valence-corrected chi connectivity index (χ4v) is 2.34. The van der Waals surface area contributed by atoms with Crippen LogP contribution in [0, 0.1) is 0 Å². The maximum absolute atomic E-state index is 12.1. The molecule has 2 rings (SSSR count). The third-order valence-electron chi connectivity index (χ3n) is 3.52. The van der Waals surface area contributed by atoms with Crippen LogP contribution < -0.4 is 0 Å². The number of hydrogen-bond donors (Lipinski definition) is 0. The molecule has 0 radical (unpaired) electrons. The van der Waals surface area contributed by atoms with E-state index in [2.05, 4.69) is 10.0 Å². The van der Waals surface area contributed by atoms with Gasteiger partial charge in [0.05, 0.1) is 31.9 Å². The van der Waals surface area contributed by atoms with Crippen LogP contribution in [0.25, 0.3) is 10.4 Å². The van der Waals surface area contributed by atoms with Gasteiger partial charge in [0.15, 0.2) is 0 Å². The lowest BCUT2D eigenvalue weighted by Gasteiger charge is -2.16. The average Bonchev–Trinajstić information content (AvgIpc) is 2.97. The second-order valence-corrected chi connectivity index (χ2v) is 5.12. The van der Waals surface area contributed by atoms with Gasteiger partial charge in [0.1, 0.15) is 6.61 Å². The maximum atomic E-state index is 12.1. The fourth-order valence-electron chi connectivity index (χ4n) is 2.34. The highest BCUT2D eigenvalue weighted by Gasteiger charge is 2.36. The molecule has 8 heteroatoms. The third-order valence-corrected chi connectivity index (χ3v) is 3.52. The van der Waals surface area contributed by atoms with E-state index >= 15 is 0 Å². The summed E-state index contributed by atoms with van der Waals surface area (Å²) in [6, 6.07) is 9.03. The first-order valence-corrected chi connectivity index (χ1v) is 7.35. The highest BCUT2D eigenvalue weighted by Crippen LogP contribution is 2.18. The Morgan fingerprint density at radius 1 is 1.35 bits per heavy atom. The second-order valence-electron chi connectivity index (χ2n) is 5.12. The molecule has 1 saturated heterocycles. The minimum atomic E-state index is -0.440. The first-order chi connectivity index (χ1) is 11.2. The molecule has 0 bridgehead atoms. The van der Waals surface area contributed by atoms with Crippen molar-refractivity contribution in [2.45, 2.75) is 18.8 Å². The van der Waals surface area contributed by atoms with E-state index < -0.39 is 12.1 Å². The smallest absolute Gasteiger partial charge is 0.410 e. The molecule has 1 aromatic rings. The standard InChI is InChI=1S/C15H20N4O4/c1-21-7-8-22-14-10-19(9-13(14)17-18-16)15(20)23-11-12-5-3-2-4-6-12/h2-6,13-14H,7-11H2,1H3. The van der Waals surface area contributed by atoms with Gasteiger partial charge in [-0.2, -0.15) is 0 Å². The molecule has 8 nitrogen and oxygen atoms in total. The number of amides is 1. The van der Waals surface area contributed by atoms with Crippen LogP contribution in [0.2, 0.25) is 0 Å². The molecule has 1 fully saturated rings. The molecule has 1 amide bonds. The number of hydrogen-bond acceptors (Lipinski definition) is 5. The number of methoxy groups -OCH3 is 1. The van der Waals surface area contributed by atoms with E-state index in [1.165, 1.54) is 4.90 Å². The van der Waals surface area contributed by atoms with Crippen LogP contribution in [0.15, 0.2) is 35.4 Å². The van der Waals surface area contributed by atoms with Crippen molar-refractivity contribution in [3.05, 3.63) is 46.3 Å². The minimum absolute atomic E-state index is 0.206. The Morgan fingerprint density at radius 2 is 2.13 bits per heavy atom.